The highest BCUT2D eigenvalue weighted by atomic mass is 35.5. The average Bonchev–Trinajstić information content (AvgIpc) is 2.36. The maximum atomic E-state index is 6.14. The SMILES string of the molecule is Cc1ccc(C(NN)C2CSCCO2)cc1Cl. The summed E-state index contributed by atoms with van der Waals surface area (Å²) in [5, 5.41) is 0.770. The first-order valence-corrected chi connectivity index (χ1v) is 7.17. The number of hydrogen-bond acceptors (Lipinski definition) is 4. The van der Waals surface area contributed by atoms with Gasteiger partial charge in [-0.25, -0.2) is 0 Å². The molecule has 1 aliphatic rings. The molecule has 0 amide bonds. The Morgan fingerprint density at radius 3 is 3.00 bits per heavy atom. The Balaban J connectivity index is 2.18. The van der Waals surface area contributed by atoms with Gasteiger partial charge in [0, 0.05) is 16.5 Å². The van der Waals surface area contributed by atoms with Gasteiger partial charge in [0.1, 0.15) is 0 Å². The predicted octanol–water partition coefficient (Wildman–Crippen LogP) is 2.28. The zero-order chi connectivity index (χ0) is 12.3. The van der Waals surface area contributed by atoms with Crippen molar-refractivity contribution in [3.63, 3.8) is 0 Å². The molecule has 2 atom stereocenters. The number of hydrazine groups is 1. The molecule has 2 rings (SSSR count). The highest BCUT2D eigenvalue weighted by Crippen LogP contribution is 2.27. The van der Waals surface area contributed by atoms with E-state index in [1.807, 2.05) is 36.9 Å². The van der Waals surface area contributed by atoms with Gasteiger partial charge in [-0.2, -0.15) is 11.8 Å². The van der Waals surface area contributed by atoms with Crippen molar-refractivity contribution in [3.05, 3.63) is 34.3 Å². The molecule has 0 aliphatic carbocycles. The first-order chi connectivity index (χ1) is 8.22. The van der Waals surface area contributed by atoms with Gasteiger partial charge >= 0.3 is 0 Å². The van der Waals surface area contributed by atoms with Gasteiger partial charge in [0.25, 0.3) is 0 Å². The molecular weight excluding hydrogens is 256 g/mol. The van der Waals surface area contributed by atoms with E-state index in [0.29, 0.717) is 0 Å². The van der Waals surface area contributed by atoms with Crippen molar-refractivity contribution in [1.29, 1.82) is 0 Å². The van der Waals surface area contributed by atoms with Crippen LogP contribution in [0.3, 0.4) is 0 Å². The lowest BCUT2D eigenvalue weighted by Crippen LogP contribution is -2.41. The Morgan fingerprint density at radius 2 is 2.41 bits per heavy atom. The van der Waals surface area contributed by atoms with Gasteiger partial charge in [-0.3, -0.25) is 11.3 Å². The Bertz CT molecular complexity index is 383. The third-order valence-corrected chi connectivity index (χ3v) is 4.37. The summed E-state index contributed by atoms with van der Waals surface area (Å²) in [6.07, 6.45) is 0.109. The zero-order valence-electron chi connectivity index (χ0n) is 9.78. The van der Waals surface area contributed by atoms with Crippen LogP contribution in [-0.2, 0) is 4.74 Å². The molecule has 0 aromatic heterocycles. The molecule has 1 saturated heterocycles. The van der Waals surface area contributed by atoms with E-state index in [1.54, 1.807) is 0 Å². The maximum Gasteiger partial charge on any atom is 0.0873 e. The lowest BCUT2D eigenvalue weighted by atomic mass is 10.0. The van der Waals surface area contributed by atoms with E-state index in [-0.39, 0.29) is 12.1 Å². The number of halogens is 1. The van der Waals surface area contributed by atoms with Crippen molar-refractivity contribution in [1.82, 2.24) is 5.43 Å². The molecule has 5 heteroatoms. The Kier molecular flexibility index (Phi) is 4.70. The highest BCUT2D eigenvalue weighted by molar-refractivity contribution is 7.99. The van der Waals surface area contributed by atoms with Crippen molar-refractivity contribution >= 4 is 23.4 Å². The largest absolute Gasteiger partial charge is 0.374 e. The van der Waals surface area contributed by atoms with Crippen LogP contribution in [0.25, 0.3) is 0 Å². The average molecular weight is 273 g/mol. The quantitative estimate of drug-likeness (QED) is 0.655. The molecule has 1 fully saturated rings. The second-order valence-corrected chi connectivity index (χ2v) is 5.69. The third kappa shape index (κ3) is 3.14. The summed E-state index contributed by atoms with van der Waals surface area (Å²) < 4.78 is 5.75. The number of rotatable bonds is 3. The Morgan fingerprint density at radius 1 is 1.59 bits per heavy atom. The fourth-order valence-corrected chi connectivity index (χ4v) is 3.01. The molecule has 3 nitrogen and oxygen atoms in total. The van der Waals surface area contributed by atoms with Crippen LogP contribution in [0.2, 0.25) is 5.02 Å². The summed E-state index contributed by atoms with van der Waals surface area (Å²) in [5.41, 5.74) is 4.99. The van der Waals surface area contributed by atoms with Crippen LogP contribution in [0, 0.1) is 6.92 Å². The van der Waals surface area contributed by atoms with Crippen LogP contribution in [0.4, 0.5) is 0 Å². The van der Waals surface area contributed by atoms with Gasteiger partial charge in [-0.15, -0.1) is 0 Å². The Hall–Kier alpha value is -0.260. The minimum atomic E-state index is 0.000833. The van der Waals surface area contributed by atoms with E-state index < -0.39 is 0 Å². The van der Waals surface area contributed by atoms with Crippen LogP contribution in [-0.4, -0.2) is 24.2 Å². The van der Waals surface area contributed by atoms with E-state index >= 15 is 0 Å². The predicted molar refractivity (Wildman–Crippen MR) is 73.3 cm³/mol. The van der Waals surface area contributed by atoms with Gasteiger partial charge in [-0.1, -0.05) is 23.7 Å². The van der Waals surface area contributed by atoms with Crippen molar-refractivity contribution in [2.24, 2.45) is 5.84 Å². The summed E-state index contributed by atoms with van der Waals surface area (Å²) in [6, 6.07) is 6.03. The van der Waals surface area contributed by atoms with Crippen molar-refractivity contribution in [2.75, 3.05) is 18.1 Å². The molecule has 1 aromatic carbocycles. The lowest BCUT2D eigenvalue weighted by Gasteiger charge is -2.30. The maximum absolute atomic E-state index is 6.14. The standard InChI is InChI=1S/C12H17ClN2OS/c1-8-2-3-9(6-10(8)13)12(15-14)11-7-17-5-4-16-11/h2-3,6,11-12,15H,4-5,7,14H2,1H3. The fraction of sp³-hybridized carbons (Fsp3) is 0.500. The molecule has 0 radical (unpaired) electrons. The Labute approximate surface area is 111 Å². The van der Waals surface area contributed by atoms with Crippen LogP contribution in [0.1, 0.15) is 17.2 Å². The number of aryl methyl sites for hydroxylation is 1. The molecular formula is C12H17ClN2OS. The zero-order valence-corrected chi connectivity index (χ0v) is 11.4. The van der Waals surface area contributed by atoms with Crippen molar-refractivity contribution in [2.45, 2.75) is 19.1 Å². The van der Waals surface area contributed by atoms with Crippen molar-refractivity contribution in [3.8, 4) is 0 Å². The first kappa shape index (κ1) is 13.2. The van der Waals surface area contributed by atoms with E-state index in [4.69, 9.17) is 22.2 Å². The number of nitrogens with one attached hydrogen (secondary N) is 1. The molecule has 1 heterocycles. The summed E-state index contributed by atoms with van der Waals surface area (Å²) in [6.45, 7) is 2.77. The monoisotopic (exact) mass is 272 g/mol. The van der Waals surface area contributed by atoms with E-state index in [0.717, 1.165) is 34.3 Å². The van der Waals surface area contributed by atoms with Gasteiger partial charge in [0.2, 0.25) is 0 Å². The van der Waals surface area contributed by atoms with Gasteiger partial charge < -0.3 is 4.74 Å². The van der Waals surface area contributed by atoms with E-state index in [1.165, 1.54) is 0 Å². The second kappa shape index (κ2) is 6.07. The summed E-state index contributed by atoms with van der Waals surface area (Å²) in [4.78, 5) is 0. The number of thioether (sulfide) groups is 1. The lowest BCUT2D eigenvalue weighted by molar-refractivity contribution is 0.0468. The van der Waals surface area contributed by atoms with Crippen LogP contribution >= 0.6 is 23.4 Å². The normalized spacial score (nSPS) is 22.4. The fourth-order valence-electron chi connectivity index (χ4n) is 1.92. The summed E-state index contributed by atoms with van der Waals surface area (Å²) in [7, 11) is 0. The minimum Gasteiger partial charge on any atom is -0.374 e. The summed E-state index contributed by atoms with van der Waals surface area (Å²) >= 11 is 8.03. The van der Waals surface area contributed by atoms with E-state index in [9.17, 15) is 0 Å². The number of hydrogen-bond donors (Lipinski definition) is 2. The molecule has 17 heavy (non-hydrogen) atoms. The van der Waals surface area contributed by atoms with Gasteiger partial charge in [0.05, 0.1) is 18.8 Å². The topological polar surface area (TPSA) is 47.3 Å². The number of ether oxygens (including phenoxy) is 1. The third-order valence-electron chi connectivity index (χ3n) is 2.95. The van der Waals surface area contributed by atoms with Crippen molar-refractivity contribution < 1.29 is 4.74 Å². The molecule has 2 unspecified atom stereocenters. The van der Waals surface area contributed by atoms with Crippen LogP contribution in [0.15, 0.2) is 18.2 Å². The number of benzene rings is 1. The summed E-state index contributed by atoms with van der Waals surface area (Å²) in [5.74, 6) is 7.66. The van der Waals surface area contributed by atoms with Gasteiger partial charge in [0.15, 0.2) is 0 Å². The van der Waals surface area contributed by atoms with Crippen LogP contribution in [0.5, 0.6) is 0 Å². The highest BCUT2D eigenvalue weighted by Gasteiger charge is 2.25. The molecule has 94 valence electrons. The van der Waals surface area contributed by atoms with Crippen LogP contribution < -0.4 is 11.3 Å². The van der Waals surface area contributed by atoms with E-state index in [2.05, 4.69) is 5.43 Å². The molecule has 1 aliphatic heterocycles. The van der Waals surface area contributed by atoms with Gasteiger partial charge in [-0.05, 0) is 24.1 Å². The first-order valence-electron chi connectivity index (χ1n) is 5.64. The molecule has 0 saturated carbocycles. The minimum absolute atomic E-state index is 0.000833. The molecule has 0 bridgehead atoms. The number of nitrogens with two attached hydrogens (primary N) is 1. The molecule has 0 spiro atoms. The molecule has 3 N–H and O–H groups in total. The smallest absolute Gasteiger partial charge is 0.0873 e. The molecule has 1 aromatic rings. The second-order valence-electron chi connectivity index (χ2n) is 4.14.